The minimum absolute atomic E-state index is 0.0724. The lowest BCUT2D eigenvalue weighted by molar-refractivity contribution is 0.386. The van der Waals surface area contributed by atoms with E-state index in [1.165, 1.54) is 13.2 Å². The van der Waals surface area contributed by atoms with Crippen LogP contribution in [0.15, 0.2) is 30.6 Å². The van der Waals surface area contributed by atoms with E-state index in [0.717, 1.165) is 11.4 Å². The van der Waals surface area contributed by atoms with Crippen molar-refractivity contribution in [2.45, 2.75) is 11.2 Å². The van der Waals surface area contributed by atoms with Gasteiger partial charge in [0.1, 0.15) is 5.82 Å². The molecule has 0 spiro atoms. The van der Waals surface area contributed by atoms with E-state index in [0.29, 0.717) is 6.42 Å². The number of aromatic nitrogens is 2. The van der Waals surface area contributed by atoms with E-state index >= 15 is 0 Å². The lowest BCUT2D eigenvalue weighted by atomic mass is 10.1. The molecule has 1 aromatic carbocycles. The summed E-state index contributed by atoms with van der Waals surface area (Å²) in [6.45, 7) is 0. The molecular formula is C12H12BrFN2O. The van der Waals surface area contributed by atoms with Gasteiger partial charge in [-0.1, -0.05) is 22.0 Å². The highest BCUT2D eigenvalue weighted by molar-refractivity contribution is 9.09. The fourth-order valence-electron chi connectivity index (χ4n) is 1.57. The van der Waals surface area contributed by atoms with Gasteiger partial charge < -0.3 is 9.72 Å². The number of alkyl halides is 1. The zero-order valence-electron chi connectivity index (χ0n) is 9.28. The number of ether oxygens (including phenoxy) is 1. The van der Waals surface area contributed by atoms with Crippen LogP contribution in [0.25, 0.3) is 0 Å². The molecular weight excluding hydrogens is 287 g/mol. The molecule has 1 aromatic heterocycles. The first-order valence-electron chi connectivity index (χ1n) is 5.16. The molecule has 0 fully saturated rings. The molecule has 1 unspecified atom stereocenters. The fraction of sp³-hybridized carbons (Fsp3) is 0.250. The Bertz CT molecular complexity index is 487. The van der Waals surface area contributed by atoms with Gasteiger partial charge in [0.05, 0.1) is 7.11 Å². The number of hydrogen-bond donors (Lipinski definition) is 1. The van der Waals surface area contributed by atoms with Gasteiger partial charge in [0.2, 0.25) is 0 Å². The van der Waals surface area contributed by atoms with Crippen LogP contribution in [0, 0.1) is 5.82 Å². The number of imidazole rings is 1. The van der Waals surface area contributed by atoms with E-state index in [-0.39, 0.29) is 16.4 Å². The first-order chi connectivity index (χ1) is 8.20. The lowest BCUT2D eigenvalue weighted by Gasteiger charge is -2.10. The largest absolute Gasteiger partial charge is 0.494 e. The van der Waals surface area contributed by atoms with Gasteiger partial charge in [-0.25, -0.2) is 9.37 Å². The summed E-state index contributed by atoms with van der Waals surface area (Å²) in [7, 11) is 1.46. The smallest absolute Gasteiger partial charge is 0.165 e. The zero-order valence-corrected chi connectivity index (χ0v) is 10.9. The molecule has 2 aromatic rings. The highest BCUT2D eigenvalue weighted by atomic mass is 79.9. The van der Waals surface area contributed by atoms with Gasteiger partial charge in [-0.3, -0.25) is 0 Å². The monoisotopic (exact) mass is 298 g/mol. The summed E-state index contributed by atoms with van der Waals surface area (Å²) in [6.07, 6.45) is 4.20. The average Bonchev–Trinajstić information content (AvgIpc) is 2.82. The van der Waals surface area contributed by atoms with Crippen molar-refractivity contribution in [1.82, 2.24) is 9.97 Å². The van der Waals surface area contributed by atoms with Crippen LogP contribution in [0.2, 0.25) is 0 Å². The van der Waals surface area contributed by atoms with Crippen molar-refractivity contribution >= 4 is 15.9 Å². The standard InChI is InChI=1S/C12H12BrFN2O/c1-17-11-6-8(2-3-10(11)14)9(13)7-12-15-4-5-16-12/h2-6,9H,7H2,1H3,(H,15,16). The summed E-state index contributed by atoms with van der Waals surface area (Å²) in [6, 6.07) is 4.84. The van der Waals surface area contributed by atoms with Gasteiger partial charge in [-0.2, -0.15) is 0 Å². The minimum Gasteiger partial charge on any atom is -0.494 e. The number of halogens is 2. The van der Waals surface area contributed by atoms with Crippen LogP contribution in [0.1, 0.15) is 16.2 Å². The normalized spacial score (nSPS) is 12.4. The minimum atomic E-state index is -0.353. The molecule has 5 heteroatoms. The Labute approximate surface area is 107 Å². The van der Waals surface area contributed by atoms with Crippen LogP contribution in [-0.2, 0) is 6.42 Å². The molecule has 1 atom stereocenters. The molecule has 90 valence electrons. The molecule has 0 aliphatic heterocycles. The molecule has 1 heterocycles. The summed E-state index contributed by atoms with van der Waals surface area (Å²) in [4.78, 5) is 7.25. The van der Waals surface area contributed by atoms with Crippen molar-refractivity contribution in [3.63, 3.8) is 0 Å². The number of nitrogens with one attached hydrogen (secondary N) is 1. The van der Waals surface area contributed by atoms with Crippen molar-refractivity contribution in [3.05, 3.63) is 47.8 Å². The van der Waals surface area contributed by atoms with E-state index < -0.39 is 0 Å². The third-order valence-corrected chi connectivity index (χ3v) is 3.32. The van der Waals surface area contributed by atoms with Crippen LogP contribution in [0.5, 0.6) is 5.75 Å². The average molecular weight is 299 g/mol. The summed E-state index contributed by atoms with van der Waals surface area (Å²) in [5.41, 5.74) is 0.958. The number of H-pyrrole nitrogens is 1. The molecule has 0 aliphatic carbocycles. The SMILES string of the molecule is COc1cc(C(Br)Cc2ncc[nH]2)ccc1F. The number of benzene rings is 1. The molecule has 0 saturated heterocycles. The highest BCUT2D eigenvalue weighted by Gasteiger charge is 2.12. The molecule has 0 bridgehead atoms. The fourth-order valence-corrected chi connectivity index (χ4v) is 2.16. The summed E-state index contributed by atoms with van der Waals surface area (Å²) < 4.78 is 18.2. The van der Waals surface area contributed by atoms with E-state index in [2.05, 4.69) is 25.9 Å². The van der Waals surface area contributed by atoms with Gasteiger partial charge in [-0.15, -0.1) is 0 Å². The summed E-state index contributed by atoms with van der Waals surface area (Å²) in [5.74, 6) is 0.788. The van der Waals surface area contributed by atoms with Crippen LogP contribution in [0.3, 0.4) is 0 Å². The molecule has 1 N–H and O–H groups in total. The van der Waals surface area contributed by atoms with Crippen LogP contribution >= 0.6 is 15.9 Å². The third kappa shape index (κ3) is 2.85. The molecule has 0 aliphatic rings. The quantitative estimate of drug-likeness (QED) is 0.880. The van der Waals surface area contributed by atoms with Gasteiger partial charge in [0.15, 0.2) is 11.6 Å². The predicted molar refractivity (Wildman–Crippen MR) is 66.9 cm³/mol. The summed E-state index contributed by atoms with van der Waals surface area (Å²) >= 11 is 3.56. The second kappa shape index (κ2) is 5.31. The molecule has 3 nitrogen and oxygen atoms in total. The first kappa shape index (κ1) is 12.1. The van der Waals surface area contributed by atoms with E-state index in [9.17, 15) is 4.39 Å². The highest BCUT2D eigenvalue weighted by Crippen LogP contribution is 2.29. The van der Waals surface area contributed by atoms with Crippen molar-refractivity contribution in [3.8, 4) is 5.75 Å². The second-order valence-corrected chi connectivity index (χ2v) is 4.71. The Balaban J connectivity index is 2.16. The topological polar surface area (TPSA) is 37.9 Å². The van der Waals surface area contributed by atoms with Gasteiger partial charge in [0, 0.05) is 23.6 Å². The Hall–Kier alpha value is -1.36. The van der Waals surface area contributed by atoms with Gasteiger partial charge in [0.25, 0.3) is 0 Å². The maximum Gasteiger partial charge on any atom is 0.165 e. The van der Waals surface area contributed by atoms with Crippen LogP contribution in [0.4, 0.5) is 4.39 Å². The molecule has 0 amide bonds. The Morgan fingerprint density at radius 3 is 3.00 bits per heavy atom. The summed E-state index contributed by atoms with van der Waals surface area (Å²) in [5, 5.41) is 0. The maximum atomic E-state index is 13.3. The predicted octanol–water partition coefficient (Wildman–Crippen LogP) is 3.24. The van der Waals surface area contributed by atoms with E-state index in [1.54, 1.807) is 24.5 Å². The maximum absolute atomic E-state index is 13.3. The Kier molecular flexibility index (Phi) is 3.78. The van der Waals surface area contributed by atoms with Crippen LogP contribution in [-0.4, -0.2) is 17.1 Å². The molecule has 2 rings (SSSR count). The number of rotatable bonds is 4. The number of hydrogen-bond acceptors (Lipinski definition) is 2. The number of nitrogens with zero attached hydrogens (tertiary/aromatic N) is 1. The lowest BCUT2D eigenvalue weighted by Crippen LogP contribution is -1.99. The number of aromatic amines is 1. The zero-order chi connectivity index (χ0) is 12.3. The van der Waals surface area contributed by atoms with Crippen molar-refractivity contribution in [2.24, 2.45) is 0 Å². The van der Waals surface area contributed by atoms with E-state index in [1.807, 2.05) is 0 Å². The van der Waals surface area contributed by atoms with Crippen molar-refractivity contribution < 1.29 is 9.13 Å². The third-order valence-electron chi connectivity index (χ3n) is 2.46. The van der Waals surface area contributed by atoms with E-state index in [4.69, 9.17) is 4.74 Å². The van der Waals surface area contributed by atoms with Crippen LogP contribution < -0.4 is 4.74 Å². The first-order valence-corrected chi connectivity index (χ1v) is 6.08. The Morgan fingerprint density at radius 1 is 1.53 bits per heavy atom. The van der Waals surface area contributed by atoms with Gasteiger partial charge in [-0.05, 0) is 17.7 Å². The second-order valence-electron chi connectivity index (χ2n) is 3.60. The Morgan fingerprint density at radius 2 is 2.35 bits per heavy atom. The number of methoxy groups -OCH3 is 1. The molecule has 17 heavy (non-hydrogen) atoms. The van der Waals surface area contributed by atoms with Crippen molar-refractivity contribution in [2.75, 3.05) is 7.11 Å². The molecule has 0 radical (unpaired) electrons. The van der Waals surface area contributed by atoms with Crippen molar-refractivity contribution in [1.29, 1.82) is 0 Å². The van der Waals surface area contributed by atoms with Gasteiger partial charge >= 0.3 is 0 Å². The molecule has 0 saturated carbocycles.